The van der Waals surface area contributed by atoms with E-state index < -0.39 is 0 Å². The summed E-state index contributed by atoms with van der Waals surface area (Å²) in [4.78, 5) is 0. The van der Waals surface area contributed by atoms with E-state index in [4.69, 9.17) is 4.74 Å². The third-order valence-corrected chi connectivity index (χ3v) is 1.53. The number of ether oxygens (including phenoxy) is 1. The summed E-state index contributed by atoms with van der Waals surface area (Å²) in [5.74, 6) is 5.68. The molecule has 1 fully saturated rings. The Kier molecular flexibility index (Phi) is 2.73. The average Bonchev–Trinajstić information content (AvgIpc) is 2.69. The van der Waals surface area contributed by atoms with Crippen molar-refractivity contribution < 1.29 is 9.84 Å². The van der Waals surface area contributed by atoms with Gasteiger partial charge in [-0.1, -0.05) is 0 Å². The van der Waals surface area contributed by atoms with Gasteiger partial charge in [-0.2, -0.15) is 0 Å². The fourth-order valence-corrected chi connectivity index (χ4v) is 0.809. The predicted molar refractivity (Wildman–Crippen MR) is 38.4 cm³/mol. The molecule has 0 amide bonds. The third kappa shape index (κ3) is 2.38. The van der Waals surface area contributed by atoms with E-state index in [2.05, 4.69) is 11.8 Å². The van der Waals surface area contributed by atoms with Crippen LogP contribution in [0.4, 0.5) is 0 Å². The Hall–Kier alpha value is -0.520. The first-order valence-corrected chi connectivity index (χ1v) is 3.54. The van der Waals surface area contributed by atoms with Crippen molar-refractivity contribution in [1.29, 1.82) is 0 Å². The molecule has 0 saturated carbocycles. The summed E-state index contributed by atoms with van der Waals surface area (Å²) in [6.45, 7) is 2.53. The quantitative estimate of drug-likeness (QED) is 0.458. The van der Waals surface area contributed by atoms with Crippen LogP contribution in [0.1, 0.15) is 19.8 Å². The van der Waals surface area contributed by atoms with Gasteiger partial charge in [-0.15, -0.1) is 11.8 Å². The van der Waals surface area contributed by atoms with Crippen LogP contribution < -0.4 is 0 Å². The van der Waals surface area contributed by atoms with Crippen LogP contribution in [0.2, 0.25) is 0 Å². The van der Waals surface area contributed by atoms with Gasteiger partial charge in [-0.05, 0) is 13.3 Å². The van der Waals surface area contributed by atoms with E-state index in [0.717, 1.165) is 19.4 Å². The molecule has 2 heteroatoms. The standard InChI is InChI=1S/C8H12O2/c1-2-3-4-5-7(9)8-6-10-8/h7-9H,4-6H2,1H3. The fraction of sp³-hybridized carbons (Fsp3) is 0.750. The summed E-state index contributed by atoms with van der Waals surface area (Å²) in [5.41, 5.74) is 0. The molecular weight excluding hydrogens is 128 g/mol. The van der Waals surface area contributed by atoms with Crippen LogP contribution in [0.25, 0.3) is 0 Å². The lowest BCUT2D eigenvalue weighted by atomic mass is 10.1. The van der Waals surface area contributed by atoms with E-state index in [-0.39, 0.29) is 12.2 Å². The number of aliphatic hydroxyl groups is 1. The van der Waals surface area contributed by atoms with E-state index in [0.29, 0.717) is 0 Å². The smallest absolute Gasteiger partial charge is 0.107 e. The van der Waals surface area contributed by atoms with Crippen molar-refractivity contribution in [3.05, 3.63) is 0 Å². The molecule has 1 rings (SSSR count). The number of rotatable bonds is 3. The molecule has 0 aromatic heterocycles. The molecule has 0 aliphatic carbocycles. The van der Waals surface area contributed by atoms with E-state index in [9.17, 15) is 5.11 Å². The second kappa shape index (κ2) is 3.60. The van der Waals surface area contributed by atoms with Gasteiger partial charge in [0, 0.05) is 6.42 Å². The number of aliphatic hydroxyl groups excluding tert-OH is 1. The predicted octanol–water partition coefficient (Wildman–Crippen LogP) is 0.550. The highest BCUT2D eigenvalue weighted by molar-refractivity contribution is 4.96. The second-order valence-corrected chi connectivity index (χ2v) is 2.40. The van der Waals surface area contributed by atoms with Crippen molar-refractivity contribution in [2.45, 2.75) is 32.0 Å². The Morgan fingerprint density at radius 2 is 2.50 bits per heavy atom. The Morgan fingerprint density at radius 3 is 3.00 bits per heavy atom. The van der Waals surface area contributed by atoms with Crippen LogP contribution in [0, 0.1) is 11.8 Å². The summed E-state index contributed by atoms with van der Waals surface area (Å²) in [5, 5.41) is 9.22. The van der Waals surface area contributed by atoms with E-state index in [1.807, 2.05) is 0 Å². The molecule has 1 aliphatic heterocycles. The molecule has 2 atom stereocenters. The maximum Gasteiger partial charge on any atom is 0.107 e. The van der Waals surface area contributed by atoms with Crippen LogP contribution in [-0.4, -0.2) is 23.9 Å². The van der Waals surface area contributed by atoms with Crippen LogP contribution in [0.3, 0.4) is 0 Å². The van der Waals surface area contributed by atoms with Crippen molar-refractivity contribution in [3.63, 3.8) is 0 Å². The molecular formula is C8H12O2. The number of epoxide rings is 1. The summed E-state index contributed by atoms with van der Waals surface area (Å²) < 4.78 is 4.90. The second-order valence-electron chi connectivity index (χ2n) is 2.40. The van der Waals surface area contributed by atoms with Crippen LogP contribution in [0.5, 0.6) is 0 Å². The average molecular weight is 140 g/mol. The molecule has 1 N–H and O–H groups in total. The molecule has 10 heavy (non-hydrogen) atoms. The summed E-state index contributed by atoms with van der Waals surface area (Å²) in [6, 6.07) is 0. The van der Waals surface area contributed by atoms with E-state index in [1.165, 1.54) is 0 Å². The Bertz CT molecular complexity index is 150. The molecule has 0 aromatic carbocycles. The zero-order valence-corrected chi connectivity index (χ0v) is 6.13. The molecule has 1 saturated heterocycles. The maximum absolute atomic E-state index is 9.22. The van der Waals surface area contributed by atoms with E-state index in [1.54, 1.807) is 6.92 Å². The van der Waals surface area contributed by atoms with Gasteiger partial charge in [0.05, 0.1) is 12.7 Å². The lowest BCUT2D eigenvalue weighted by Gasteiger charge is -2.01. The van der Waals surface area contributed by atoms with Gasteiger partial charge in [0.25, 0.3) is 0 Å². The minimum atomic E-state index is -0.291. The zero-order valence-electron chi connectivity index (χ0n) is 6.13. The molecule has 0 aromatic rings. The molecule has 1 aliphatic rings. The molecule has 0 spiro atoms. The van der Waals surface area contributed by atoms with Gasteiger partial charge in [0.2, 0.25) is 0 Å². The van der Waals surface area contributed by atoms with Gasteiger partial charge in [0.15, 0.2) is 0 Å². The lowest BCUT2D eigenvalue weighted by Crippen LogP contribution is -2.13. The molecule has 0 radical (unpaired) electrons. The molecule has 56 valence electrons. The molecule has 0 bridgehead atoms. The van der Waals surface area contributed by atoms with Crippen molar-refractivity contribution in [2.75, 3.05) is 6.61 Å². The zero-order chi connectivity index (χ0) is 7.40. The third-order valence-electron chi connectivity index (χ3n) is 1.53. The SMILES string of the molecule is CC#CCCC(O)C1CO1. The van der Waals surface area contributed by atoms with Gasteiger partial charge >= 0.3 is 0 Å². The minimum Gasteiger partial charge on any atom is -0.390 e. The first kappa shape index (κ1) is 7.59. The Labute approximate surface area is 61.2 Å². The van der Waals surface area contributed by atoms with Gasteiger partial charge in [-0.25, -0.2) is 0 Å². The monoisotopic (exact) mass is 140 g/mol. The lowest BCUT2D eigenvalue weighted by molar-refractivity contribution is 0.128. The number of hydrogen-bond donors (Lipinski definition) is 1. The van der Waals surface area contributed by atoms with Crippen LogP contribution in [0.15, 0.2) is 0 Å². The van der Waals surface area contributed by atoms with Gasteiger partial charge < -0.3 is 9.84 Å². The largest absolute Gasteiger partial charge is 0.390 e. The topological polar surface area (TPSA) is 32.8 Å². The first-order valence-electron chi connectivity index (χ1n) is 3.54. The molecule has 2 nitrogen and oxygen atoms in total. The molecule has 2 unspecified atom stereocenters. The Balaban J connectivity index is 2.04. The molecule has 1 heterocycles. The first-order chi connectivity index (χ1) is 4.84. The van der Waals surface area contributed by atoms with Crippen molar-refractivity contribution in [2.24, 2.45) is 0 Å². The highest BCUT2D eigenvalue weighted by atomic mass is 16.6. The highest BCUT2D eigenvalue weighted by Crippen LogP contribution is 2.16. The van der Waals surface area contributed by atoms with Crippen molar-refractivity contribution in [1.82, 2.24) is 0 Å². The van der Waals surface area contributed by atoms with Crippen LogP contribution >= 0.6 is 0 Å². The number of hydrogen-bond acceptors (Lipinski definition) is 2. The van der Waals surface area contributed by atoms with Crippen molar-refractivity contribution >= 4 is 0 Å². The summed E-state index contributed by atoms with van der Waals surface area (Å²) in [7, 11) is 0. The maximum atomic E-state index is 9.22. The van der Waals surface area contributed by atoms with Crippen molar-refractivity contribution in [3.8, 4) is 11.8 Å². The Morgan fingerprint density at radius 1 is 1.80 bits per heavy atom. The van der Waals surface area contributed by atoms with Gasteiger partial charge in [0.1, 0.15) is 6.10 Å². The van der Waals surface area contributed by atoms with Crippen LogP contribution in [-0.2, 0) is 4.74 Å². The normalized spacial score (nSPS) is 24.8. The highest BCUT2D eigenvalue weighted by Gasteiger charge is 2.30. The summed E-state index contributed by atoms with van der Waals surface area (Å²) >= 11 is 0. The summed E-state index contributed by atoms with van der Waals surface area (Å²) in [6.07, 6.45) is 1.34. The van der Waals surface area contributed by atoms with E-state index >= 15 is 0 Å². The van der Waals surface area contributed by atoms with Gasteiger partial charge in [-0.3, -0.25) is 0 Å². The fourth-order valence-electron chi connectivity index (χ4n) is 0.809. The minimum absolute atomic E-state index is 0.110.